The van der Waals surface area contributed by atoms with E-state index in [2.05, 4.69) is 15.7 Å². The third-order valence-electron chi connectivity index (χ3n) is 4.46. The summed E-state index contributed by atoms with van der Waals surface area (Å²) in [5, 5.41) is 10.0. The standard InChI is InChI=1S/C19H28N4O3/c1-13(16-12-21-23(3)14(16)2)22-19(24)20-10-6-7-15-8-9-17(25-4)18(11-15)26-5/h8-9,11-13H,6-7,10H2,1-5H3,(H2,20,22,24). The van der Waals surface area contributed by atoms with Crippen LogP contribution in [0.3, 0.4) is 0 Å². The Balaban J connectivity index is 1.75. The van der Waals surface area contributed by atoms with Crippen molar-refractivity contribution in [1.29, 1.82) is 0 Å². The largest absolute Gasteiger partial charge is 0.493 e. The Hall–Kier alpha value is -2.70. The number of hydrogen-bond acceptors (Lipinski definition) is 4. The zero-order chi connectivity index (χ0) is 19.1. The monoisotopic (exact) mass is 360 g/mol. The Morgan fingerprint density at radius 1 is 1.27 bits per heavy atom. The van der Waals surface area contributed by atoms with Gasteiger partial charge in [0.1, 0.15) is 0 Å². The molecule has 0 bridgehead atoms. The lowest BCUT2D eigenvalue weighted by atomic mass is 10.1. The van der Waals surface area contributed by atoms with Gasteiger partial charge in [0, 0.05) is 24.8 Å². The van der Waals surface area contributed by atoms with Crippen molar-refractivity contribution < 1.29 is 14.3 Å². The fourth-order valence-corrected chi connectivity index (χ4v) is 2.80. The number of nitrogens with zero attached hydrogens (tertiary/aromatic N) is 2. The number of aryl methyl sites for hydroxylation is 2. The van der Waals surface area contributed by atoms with Crippen molar-refractivity contribution in [2.24, 2.45) is 7.05 Å². The van der Waals surface area contributed by atoms with Crippen LogP contribution in [0, 0.1) is 6.92 Å². The van der Waals surface area contributed by atoms with Gasteiger partial charge in [-0.3, -0.25) is 4.68 Å². The number of urea groups is 1. The first-order valence-corrected chi connectivity index (χ1v) is 8.70. The van der Waals surface area contributed by atoms with Gasteiger partial charge in [-0.05, 0) is 44.4 Å². The smallest absolute Gasteiger partial charge is 0.315 e. The second-order valence-corrected chi connectivity index (χ2v) is 6.22. The Bertz CT molecular complexity index is 742. The fourth-order valence-electron chi connectivity index (χ4n) is 2.80. The SMILES string of the molecule is COc1ccc(CCCNC(=O)NC(C)c2cnn(C)c2C)cc1OC. The van der Waals surface area contributed by atoms with E-state index in [9.17, 15) is 4.79 Å². The predicted octanol–water partition coefficient (Wildman–Crippen LogP) is 2.74. The molecule has 26 heavy (non-hydrogen) atoms. The highest BCUT2D eigenvalue weighted by atomic mass is 16.5. The van der Waals surface area contributed by atoms with Crippen LogP contribution in [0.2, 0.25) is 0 Å². The molecule has 1 atom stereocenters. The van der Waals surface area contributed by atoms with E-state index in [4.69, 9.17) is 9.47 Å². The fraction of sp³-hybridized carbons (Fsp3) is 0.474. The van der Waals surface area contributed by atoms with Crippen molar-refractivity contribution in [2.75, 3.05) is 20.8 Å². The molecule has 7 heteroatoms. The third kappa shape index (κ3) is 4.91. The third-order valence-corrected chi connectivity index (χ3v) is 4.46. The molecule has 0 saturated heterocycles. The molecule has 7 nitrogen and oxygen atoms in total. The first-order valence-electron chi connectivity index (χ1n) is 8.70. The van der Waals surface area contributed by atoms with Crippen LogP contribution in [0.1, 0.15) is 36.2 Å². The van der Waals surface area contributed by atoms with E-state index in [1.54, 1.807) is 25.1 Å². The molecular formula is C19H28N4O3. The summed E-state index contributed by atoms with van der Waals surface area (Å²) >= 11 is 0. The van der Waals surface area contributed by atoms with Gasteiger partial charge in [-0.15, -0.1) is 0 Å². The van der Waals surface area contributed by atoms with Crippen LogP contribution in [0.5, 0.6) is 11.5 Å². The van der Waals surface area contributed by atoms with Gasteiger partial charge in [0.25, 0.3) is 0 Å². The van der Waals surface area contributed by atoms with Crippen molar-refractivity contribution in [3.05, 3.63) is 41.2 Å². The average molecular weight is 360 g/mol. The second-order valence-electron chi connectivity index (χ2n) is 6.22. The topological polar surface area (TPSA) is 77.4 Å². The zero-order valence-electron chi connectivity index (χ0n) is 16.1. The van der Waals surface area contributed by atoms with E-state index >= 15 is 0 Å². The van der Waals surface area contributed by atoms with Gasteiger partial charge in [0.15, 0.2) is 11.5 Å². The Morgan fingerprint density at radius 2 is 2.00 bits per heavy atom. The van der Waals surface area contributed by atoms with Crippen LogP contribution in [-0.2, 0) is 13.5 Å². The van der Waals surface area contributed by atoms with Gasteiger partial charge < -0.3 is 20.1 Å². The second kappa shape index (κ2) is 9.12. The minimum atomic E-state index is -0.173. The number of hydrogen-bond donors (Lipinski definition) is 2. The molecule has 0 saturated carbocycles. The summed E-state index contributed by atoms with van der Waals surface area (Å²) < 4.78 is 12.3. The summed E-state index contributed by atoms with van der Waals surface area (Å²) in [5.74, 6) is 1.44. The normalized spacial score (nSPS) is 11.7. The molecule has 142 valence electrons. The average Bonchev–Trinajstić information content (AvgIpc) is 2.97. The molecule has 0 spiro atoms. The summed E-state index contributed by atoms with van der Waals surface area (Å²) in [6.45, 7) is 4.54. The highest BCUT2D eigenvalue weighted by Gasteiger charge is 2.14. The number of rotatable bonds is 8. The number of methoxy groups -OCH3 is 2. The van der Waals surface area contributed by atoms with Gasteiger partial charge in [0.2, 0.25) is 0 Å². The van der Waals surface area contributed by atoms with E-state index in [1.807, 2.05) is 39.1 Å². The lowest BCUT2D eigenvalue weighted by molar-refractivity contribution is 0.238. The van der Waals surface area contributed by atoms with Crippen LogP contribution in [0.25, 0.3) is 0 Å². The molecule has 2 aromatic rings. The zero-order valence-corrected chi connectivity index (χ0v) is 16.1. The maximum absolute atomic E-state index is 12.1. The lowest BCUT2D eigenvalue weighted by Gasteiger charge is -2.14. The first-order chi connectivity index (χ1) is 12.5. The van der Waals surface area contributed by atoms with Crippen LogP contribution < -0.4 is 20.1 Å². The molecule has 2 amide bonds. The van der Waals surface area contributed by atoms with Crippen molar-refractivity contribution >= 4 is 6.03 Å². The van der Waals surface area contributed by atoms with Crippen molar-refractivity contribution in [3.63, 3.8) is 0 Å². The van der Waals surface area contributed by atoms with E-state index in [-0.39, 0.29) is 12.1 Å². The molecular weight excluding hydrogens is 332 g/mol. The maximum Gasteiger partial charge on any atom is 0.315 e. The molecule has 1 aromatic heterocycles. The van der Waals surface area contributed by atoms with Gasteiger partial charge in [-0.2, -0.15) is 5.10 Å². The molecule has 1 aromatic carbocycles. The summed E-state index contributed by atoms with van der Waals surface area (Å²) in [7, 11) is 5.13. The number of carbonyl (C=O) groups is 1. The van der Waals surface area contributed by atoms with Crippen molar-refractivity contribution in [3.8, 4) is 11.5 Å². The summed E-state index contributed by atoms with van der Waals surface area (Å²) in [6, 6.07) is 5.61. The Kier molecular flexibility index (Phi) is 6.89. The molecule has 0 aliphatic rings. The highest BCUT2D eigenvalue weighted by Crippen LogP contribution is 2.27. The van der Waals surface area contributed by atoms with Gasteiger partial charge in [-0.1, -0.05) is 6.07 Å². The molecule has 1 heterocycles. The highest BCUT2D eigenvalue weighted by molar-refractivity contribution is 5.74. The molecule has 0 aliphatic carbocycles. The minimum Gasteiger partial charge on any atom is -0.493 e. The van der Waals surface area contributed by atoms with Crippen LogP contribution in [-0.4, -0.2) is 36.6 Å². The number of carbonyl (C=O) groups excluding carboxylic acids is 1. The van der Waals surface area contributed by atoms with Crippen LogP contribution >= 0.6 is 0 Å². The number of aromatic nitrogens is 2. The predicted molar refractivity (Wildman–Crippen MR) is 101 cm³/mol. The van der Waals surface area contributed by atoms with Crippen LogP contribution in [0.15, 0.2) is 24.4 Å². The van der Waals surface area contributed by atoms with E-state index in [1.165, 1.54) is 0 Å². The lowest BCUT2D eigenvalue weighted by Crippen LogP contribution is -2.37. The molecule has 0 radical (unpaired) electrons. The van der Waals surface area contributed by atoms with E-state index < -0.39 is 0 Å². The maximum atomic E-state index is 12.1. The summed E-state index contributed by atoms with van der Waals surface area (Å²) in [5.41, 5.74) is 3.21. The number of benzene rings is 1. The van der Waals surface area contributed by atoms with Crippen molar-refractivity contribution in [1.82, 2.24) is 20.4 Å². The van der Waals surface area contributed by atoms with Crippen LogP contribution in [0.4, 0.5) is 4.79 Å². The summed E-state index contributed by atoms with van der Waals surface area (Å²) in [4.78, 5) is 12.1. The van der Waals surface area contributed by atoms with E-state index in [0.29, 0.717) is 12.3 Å². The number of ether oxygens (including phenoxy) is 2. The number of nitrogens with one attached hydrogen (secondary N) is 2. The first kappa shape index (κ1) is 19.6. The van der Waals surface area contributed by atoms with Crippen molar-refractivity contribution in [2.45, 2.75) is 32.7 Å². The number of amides is 2. The quantitative estimate of drug-likeness (QED) is 0.710. The minimum absolute atomic E-state index is 0.0884. The molecule has 0 aliphatic heterocycles. The Morgan fingerprint density at radius 3 is 2.62 bits per heavy atom. The summed E-state index contributed by atoms with van der Waals surface area (Å²) in [6.07, 6.45) is 3.47. The molecule has 2 N–H and O–H groups in total. The van der Waals surface area contributed by atoms with Gasteiger partial charge in [-0.25, -0.2) is 4.79 Å². The van der Waals surface area contributed by atoms with Gasteiger partial charge in [0.05, 0.1) is 26.5 Å². The Labute approximate surface area is 154 Å². The molecule has 2 rings (SSSR count). The van der Waals surface area contributed by atoms with E-state index in [0.717, 1.165) is 35.4 Å². The molecule has 0 fully saturated rings. The van der Waals surface area contributed by atoms with Gasteiger partial charge >= 0.3 is 6.03 Å². The molecule has 1 unspecified atom stereocenters.